The van der Waals surface area contributed by atoms with Gasteiger partial charge in [-0.1, -0.05) is 13.3 Å². The van der Waals surface area contributed by atoms with Gasteiger partial charge in [0.05, 0.1) is 12.7 Å². The number of nitrogens with one attached hydrogen (secondary N) is 1. The zero-order valence-electron chi connectivity index (χ0n) is 9.12. The Morgan fingerprint density at radius 3 is 2.71 bits per heavy atom. The van der Waals surface area contributed by atoms with Gasteiger partial charge in [-0.15, -0.1) is 0 Å². The van der Waals surface area contributed by atoms with Crippen molar-refractivity contribution in [2.45, 2.75) is 51.6 Å². The molecule has 1 amide bonds. The summed E-state index contributed by atoms with van der Waals surface area (Å²) in [6, 6.07) is 0.526. The predicted molar refractivity (Wildman–Crippen MR) is 55.7 cm³/mol. The number of nitrogens with zero attached hydrogens (tertiary/aromatic N) is 1. The summed E-state index contributed by atoms with van der Waals surface area (Å²) in [5.41, 5.74) is 0. The standard InChI is InChI=1S/C11H20N2O/c1-3-10-11(14)13(7-12-10)8(2)9-5-4-6-9/h8-10,12H,3-7H2,1-2H3. The Morgan fingerprint density at radius 1 is 1.57 bits per heavy atom. The van der Waals surface area contributed by atoms with Gasteiger partial charge in [0, 0.05) is 6.04 Å². The minimum atomic E-state index is 0.0810. The van der Waals surface area contributed by atoms with E-state index in [2.05, 4.69) is 19.2 Å². The van der Waals surface area contributed by atoms with Gasteiger partial charge in [0.25, 0.3) is 0 Å². The third-order valence-electron chi connectivity index (χ3n) is 3.82. The molecule has 2 atom stereocenters. The Morgan fingerprint density at radius 2 is 2.29 bits per heavy atom. The largest absolute Gasteiger partial charge is 0.326 e. The summed E-state index contributed by atoms with van der Waals surface area (Å²) in [6.45, 7) is 5.02. The predicted octanol–water partition coefficient (Wildman–Crippen LogP) is 1.34. The number of hydrogen-bond acceptors (Lipinski definition) is 2. The van der Waals surface area contributed by atoms with Crippen molar-refractivity contribution in [2.75, 3.05) is 6.67 Å². The van der Waals surface area contributed by atoms with Crippen LogP contribution in [-0.4, -0.2) is 29.6 Å². The van der Waals surface area contributed by atoms with Crippen LogP contribution in [0.4, 0.5) is 0 Å². The van der Waals surface area contributed by atoms with Gasteiger partial charge in [-0.25, -0.2) is 0 Å². The Hall–Kier alpha value is -0.570. The molecule has 2 fully saturated rings. The highest BCUT2D eigenvalue weighted by molar-refractivity contribution is 5.84. The lowest BCUT2D eigenvalue weighted by Crippen LogP contribution is -2.43. The number of rotatable bonds is 3. The number of carbonyl (C=O) groups is 1. The second-order valence-electron chi connectivity index (χ2n) is 4.56. The van der Waals surface area contributed by atoms with Gasteiger partial charge in [0.15, 0.2) is 0 Å². The molecule has 0 bridgehead atoms. The van der Waals surface area contributed by atoms with Crippen LogP contribution in [0, 0.1) is 5.92 Å². The van der Waals surface area contributed by atoms with E-state index in [-0.39, 0.29) is 6.04 Å². The number of carbonyl (C=O) groups excluding carboxylic acids is 1. The highest BCUT2D eigenvalue weighted by Gasteiger charge is 2.37. The van der Waals surface area contributed by atoms with E-state index in [1.165, 1.54) is 19.3 Å². The molecule has 1 aliphatic carbocycles. The van der Waals surface area contributed by atoms with E-state index in [9.17, 15) is 4.79 Å². The Balaban J connectivity index is 1.94. The lowest BCUT2D eigenvalue weighted by atomic mass is 9.80. The second-order valence-corrected chi connectivity index (χ2v) is 4.56. The van der Waals surface area contributed by atoms with Gasteiger partial charge >= 0.3 is 0 Å². The first-order chi connectivity index (χ1) is 6.74. The maximum atomic E-state index is 11.9. The molecule has 2 aliphatic rings. The van der Waals surface area contributed by atoms with Crippen LogP contribution >= 0.6 is 0 Å². The molecule has 1 saturated heterocycles. The van der Waals surface area contributed by atoms with Gasteiger partial charge < -0.3 is 4.90 Å². The minimum Gasteiger partial charge on any atom is -0.326 e. The molecule has 3 nitrogen and oxygen atoms in total. The van der Waals surface area contributed by atoms with E-state index < -0.39 is 0 Å². The fourth-order valence-corrected chi connectivity index (χ4v) is 2.41. The van der Waals surface area contributed by atoms with E-state index in [0.29, 0.717) is 11.9 Å². The fourth-order valence-electron chi connectivity index (χ4n) is 2.41. The van der Waals surface area contributed by atoms with E-state index in [1.54, 1.807) is 0 Å². The summed E-state index contributed by atoms with van der Waals surface area (Å²) in [5, 5.41) is 3.27. The molecule has 1 aliphatic heterocycles. The fraction of sp³-hybridized carbons (Fsp3) is 0.909. The topological polar surface area (TPSA) is 32.3 Å². The maximum absolute atomic E-state index is 11.9. The third kappa shape index (κ3) is 1.54. The molecule has 1 N–H and O–H groups in total. The monoisotopic (exact) mass is 196 g/mol. The Labute approximate surface area is 85.8 Å². The summed E-state index contributed by atoms with van der Waals surface area (Å²) in [7, 11) is 0. The van der Waals surface area contributed by atoms with Crippen LogP contribution in [0.5, 0.6) is 0 Å². The molecule has 3 heteroatoms. The normalized spacial score (nSPS) is 30.6. The minimum absolute atomic E-state index is 0.0810. The molecule has 2 rings (SSSR count). The Kier molecular flexibility index (Phi) is 2.77. The smallest absolute Gasteiger partial charge is 0.241 e. The molecule has 14 heavy (non-hydrogen) atoms. The van der Waals surface area contributed by atoms with Gasteiger partial charge in [0.1, 0.15) is 0 Å². The lowest BCUT2D eigenvalue weighted by molar-refractivity contribution is -0.132. The molecule has 0 aromatic carbocycles. The highest BCUT2D eigenvalue weighted by atomic mass is 16.2. The van der Waals surface area contributed by atoms with Crippen LogP contribution < -0.4 is 5.32 Å². The van der Waals surface area contributed by atoms with Crippen LogP contribution in [0.3, 0.4) is 0 Å². The first-order valence-electron chi connectivity index (χ1n) is 5.78. The quantitative estimate of drug-likeness (QED) is 0.739. The van der Waals surface area contributed by atoms with Crippen molar-refractivity contribution in [1.82, 2.24) is 10.2 Å². The van der Waals surface area contributed by atoms with Gasteiger partial charge in [-0.2, -0.15) is 0 Å². The molecule has 0 radical (unpaired) electrons. The van der Waals surface area contributed by atoms with Crippen molar-refractivity contribution in [2.24, 2.45) is 5.92 Å². The zero-order valence-corrected chi connectivity index (χ0v) is 9.12. The zero-order chi connectivity index (χ0) is 10.1. The average Bonchev–Trinajstić information content (AvgIpc) is 2.43. The van der Waals surface area contributed by atoms with E-state index in [4.69, 9.17) is 0 Å². The molecule has 1 saturated carbocycles. The van der Waals surface area contributed by atoms with Gasteiger partial charge in [-0.3, -0.25) is 10.1 Å². The van der Waals surface area contributed by atoms with Crippen molar-refractivity contribution < 1.29 is 4.79 Å². The maximum Gasteiger partial charge on any atom is 0.241 e. The average molecular weight is 196 g/mol. The van der Waals surface area contributed by atoms with Crippen LogP contribution in [-0.2, 0) is 4.79 Å². The van der Waals surface area contributed by atoms with Crippen molar-refractivity contribution in [3.8, 4) is 0 Å². The van der Waals surface area contributed by atoms with Crippen LogP contribution in [0.1, 0.15) is 39.5 Å². The first kappa shape index (κ1) is 9.97. The van der Waals surface area contributed by atoms with Gasteiger partial charge in [-0.05, 0) is 32.1 Å². The molecular weight excluding hydrogens is 176 g/mol. The molecular formula is C11H20N2O. The number of hydrogen-bond donors (Lipinski definition) is 1. The second kappa shape index (κ2) is 3.89. The van der Waals surface area contributed by atoms with Crippen molar-refractivity contribution in [3.63, 3.8) is 0 Å². The number of amides is 1. The molecule has 2 unspecified atom stereocenters. The van der Waals surface area contributed by atoms with E-state index >= 15 is 0 Å². The van der Waals surface area contributed by atoms with E-state index in [0.717, 1.165) is 19.0 Å². The summed E-state index contributed by atoms with van der Waals surface area (Å²) in [6.07, 6.45) is 4.87. The van der Waals surface area contributed by atoms with Crippen molar-refractivity contribution in [1.29, 1.82) is 0 Å². The van der Waals surface area contributed by atoms with Crippen molar-refractivity contribution >= 4 is 5.91 Å². The van der Waals surface area contributed by atoms with Crippen LogP contribution in [0.15, 0.2) is 0 Å². The molecule has 1 heterocycles. The molecule has 0 aromatic heterocycles. The van der Waals surface area contributed by atoms with Crippen LogP contribution in [0.2, 0.25) is 0 Å². The lowest BCUT2D eigenvalue weighted by Gasteiger charge is -2.36. The molecule has 0 aromatic rings. The van der Waals surface area contributed by atoms with Gasteiger partial charge in [0.2, 0.25) is 5.91 Å². The summed E-state index contributed by atoms with van der Waals surface area (Å²) in [5.74, 6) is 1.07. The van der Waals surface area contributed by atoms with E-state index in [1.807, 2.05) is 4.90 Å². The highest BCUT2D eigenvalue weighted by Crippen LogP contribution is 2.32. The van der Waals surface area contributed by atoms with Crippen LogP contribution in [0.25, 0.3) is 0 Å². The SMILES string of the molecule is CCC1NCN(C(C)C2CCC2)C1=O. The molecule has 0 spiro atoms. The summed E-state index contributed by atoms with van der Waals surface area (Å²) in [4.78, 5) is 13.9. The van der Waals surface area contributed by atoms with Crippen molar-refractivity contribution in [3.05, 3.63) is 0 Å². The Bertz CT molecular complexity index is 225. The first-order valence-corrected chi connectivity index (χ1v) is 5.78. The third-order valence-corrected chi connectivity index (χ3v) is 3.82. The summed E-state index contributed by atoms with van der Waals surface area (Å²) < 4.78 is 0. The summed E-state index contributed by atoms with van der Waals surface area (Å²) >= 11 is 0. The molecule has 80 valence electrons.